The van der Waals surface area contributed by atoms with Gasteiger partial charge in [-0.15, -0.1) is 0 Å². The number of nitrogen functional groups attached to an aromatic ring is 1. The predicted octanol–water partition coefficient (Wildman–Crippen LogP) is 2.25. The maximum absolute atomic E-state index is 12.6. The van der Waals surface area contributed by atoms with Gasteiger partial charge in [-0.2, -0.15) is 0 Å². The number of nitrogens with zero attached hydrogens (tertiary/aromatic N) is 1. The molecule has 106 valence electrons. The maximum Gasteiger partial charge on any atom is 0.243 e. The van der Waals surface area contributed by atoms with E-state index in [1.54, 1.807) is 25.2 Å². The summed E-state index contributed by atoms with van der Waals surface area (Å²) >= 11 is 0. The number of aryl methyl sites for hydroxylation is 1. The van der Waals surface area contributed by atoms with Gasteiger partial charge in [-0.25, -0.2) is 12.7 Å². The minimum absolute atomic E-state index is 0.358. The lowest BCUT2D eigenvalue weighted by atomic mass is 9.86. The van der Waals surface area contributed by atoms with E-state index in [9.17, 15) is 8.42 Å². The van der Waals surface area contributed by atoms with Gasteiger partial charge in [0, 0.05) is 19.3 Å². The van der Waals surface area contributed by atoms with Crippen LogP contribution in [0.5, 0.6) is 0 Å². The molecule has 0 heterocycles. The molecule has 1 aromatic carbocycles. The normalized spacial score (nSPS) is 16.6. The van der Waals surface area contributed by atoms with E-state index in [0.29, 0.717) is 29.5 Å². The van der Waals surface area contributed by atoms with Gasteiger partial charge >= 0.3 is 0 Å². The molecule has 0 amide bonds. The molecule has 2 rings (SSSR count). The highest BCUT2D eigenvalue weighted by Crippen LogP contribution is 2.29. The van der Waals surface area contributed by atoms with Gasteiger partial charge in [0.25, 0.3) is 0 Å². The molecule has 1 aliphatic rings. The topological polar surface area (TPSA) is 63.4 Å². The second kappa shape index (κ2) is 5.51. The predicted molar refractivity (Wildman–Crippen MR) is 77.4 cm³/mol. The number of anilines is 1. The van der Waals surface area contributed by atoms with Crippen molar-refractivity contribution < 1.29 is 8.42 Å². The quantitative estimate of drug-likeness (QED) is 0.842. The molecule has 0 aliphatic heterocycles. The largest absolute Gasteiger partial charge is 0.399 e. The molecule has 5 heteroatoms. The smallest absolute Gasteiger partial charge is 0.243 e. The van der Waals surface area contributed by atoms with Gasteiger partial charge in [0.05, 0.1) is 4.90 Å². The monoisotopic (exact) mass is 282 g/mol. The summed E-state index contributed by atoms with van der Waals surface area (Å²) in [4.78, 5) is 0.358. The van der Waals surface area contributed by atoms with Gasteiger partial charge < -0.3 is 5.73 Å². The zero-order valence-electron chi connectivity index (χ0n) is 11.6. The molecule has 1 saturated carbocycles. The van der Waals surface area contributed by atoms with Crippen molar-refractivity contribution in [1.82, 2.24) is 4.31 Å². The Kier molecular flexibility index (Phi) is 4.16. The van der Waals surface area contributed by atoms with E-state index in [0.717, 1.165) is 18.4 Å². The summed E-state index contributed by atoms with van der Waals surface area (Å²) in [5.74, 6) is 0.519. The van der Waals surface area contributed by atoms with Gasteiger partial charge in [-0.3, -0.25) is 0 Å². The van der Waals surface area contributed by atoms with Crippen molar-refractivity contribution in [3.8, 4) is 0 Å². The first-order valence-corrected chi connectivity index (χ1v) is 8.24. The van der Waals surface area contributed by atoms with Crippen LogP contribution in [0.4, 0.5) is 5.69 Å². The van der Waals surface area contributed by atoms with Gasteiger partial charge in [-0.05, 0) is 42.9 Å². The lowest BCUT2D eigenvalue weighted by molar-refractivity contribution is 0.263. The lowest BCUT2D eigenvalue weighted by Gasteiger charge is -2.30. The van der Waals surface area contributed by atoms with E-state index in [1.165, 1.54) is 10.7 Å². The minimum atomic E-state index is -3.42. The van der Waals surface area contributed by atoms with Crippen molar-refractivity contribution >= 4 is 15.7 Å². The van der Waals surface area contributed by atoms with Gasteiger partial charge in [0.15, 0.2) is 0 Å². The first kappa shape index (κ1) is 14.3. The zero-order chi connectivity index (χ0) is 14.0. The van der Waals surface area contributed by atoms with Crippen LogP contribution in [0.25, 0.3) is 0 Å². The molecule has 0 spiro atoms. The summed E-state index contributed by atoms with van der Waals surface area (Å²) in [6.45, 7) is 2.57. The van der Waals surface area contributed by atoms with Crippen LogP contribution in [0.15, 0.2) is 23.1 Å². The molecule has 1 fully saturated rings. The van der Waals surface area contributed by atoms with Crippen LogP contribution >= 0.6 is 0 Å². The van der Waals surface area contributed by atoms with Crippen LogP contribution in [0, 0.1) is 5.92 Å². The van der Waals surface area contributed by atoms with Crippen LogP contribution in [-0.4, -0.2) is 26.3 Å². The number of benzene rings is 1. The van der Waals surface area contributed by atoms with Crippen LogP contribution in [-0.2, 0) is 16.4 Å². The van der Waals surface area contributed by atoms with E-state index < -0.39 is 10.0 Å². The summed E-state index contributed by atoms with van der Waals surface area (Å²) in [7, 11) is -1.76. The van der Waals surface area contributed by atoms with Crippen LogP contribution < -0.4 is 5.73 Å². The van der Waals surface area contributed by atoms with Crippen LogP contribution in [0.2, 0.25) is 0 Å². The Bertz CT molecular complexity index is 551. The number of sulfonamides is 1. The average Bonchev–Trinajstić information content (AvgIpc) is 2.33. The second-order valence-electron chi connectivity index (χ2n) is 5.30. The van der Waals surface area contributed by atoms with Crippen molar-refractivity contribution in [2.24, 2.45) is 5.92 Å². The second-order valence-corrected chi connectivity index (χ2v) is 7.32. The summed E-state index contributed by atoms with van der Waals surface area (Å²) in [5.41, 5.74) is 7.06. The molecule has 1 aromatic rings. The molecular weight excluding hydrogens is 260 g/mol. The van der Waals surface area contributed by atoms with Gasteiger partial charge in [0.2, 0.25) is 10.0 Å². The first-order valence-electron chi connectivity index (χ1n) is 6.80. The zero-order valence-corrected chi connectivity index (χ0v) is 12.4. The van der Waals surface area contributed by atoms with Crippen LogP contribution in [0.1, 0.15) is 31.7 Å². The van der Waals surface area contributed by atoms with E-state index >= 15 is 0 Å². The molecule has 19 heavy (non-hydrogen) atoms. The molecule has 0 aromatic heterocycles. The highest BCUT2D eigenvalue weighted by molar-refractivity contribution is 7.89. The third kappa shape index (κ3) is 2.92. The van der Waals surface area contributed by atoms with Crippen molar-refractivity contribution in [2.75, 3.05) is 19.3 Å². The van der Waals surface area contributed by atoms with Crippen LogP contribution in [0.3, 0.4) is 0 Å². The third-order valence-electron chi connectivity index (χ3n) is 3.90. The fraction of sp³-hybridized carbons (Fsp3) is 0.571. The molecular formula is C14H22N2O2S. The summed E-state index contributed by atoms with van der Waals surface area (Å²) in [6.07, 6.45) is 4.18. The van der Waals surface area contributed by atoms with E-state index in [4.69, 9.17) is 5.73 Å². The number of rotatable bonds is 5. The summed E-state index contributed by atoms with van der Waals surface area (Å²) in [6, 6.07) is 5.13. The van der Waals surface area contributed by atoms with Crippen molar-refractivity contribution in [3.05, 3.63) is 23.8 Å². The molecule has 2 N–H and O–H groups in total. The Morgan fingerprint density at radius 1 is 1.37 bits per heavy atom. The highest BCUT2D eigenvalue weighted by atomic mass is 32.2. The fourth-order valence-corrected chi connectivity index (χ4v) is 3.98. The Morgan fingerprint density at radius 2 is 2.05 bits per heavy atom. The maximum atomic E-state index is 12.6. The molecule has 4 nitrogen and oxygen atoms in total. The Hall–Kier alpha value is -1.07. The standard InChI is InChI=1S/C14H22N2O2S/c1-3-12-7-8-13(15)9-14(12)19(17,18)16(2)10-11-5-4-6-11/h7-9,11H,3-6,10,15H2,1-2H3. The van der Waals surface area contributed by atoms with Gasteiger partial charge in [0.1, 0.15) is 0 Å². The first-order chi connectivity index (χ1) is 8.95. The Labute approximate surface area is 115 Å². The molecule has 1 aliphatic carbocycles. The average molecular weight is 282 g/mol. The van der Waals surface area contributed by atoms with Crippen molar-refractivity contribution in [2.45, 2.75) is 37.5 Å². The third-order valence-corrected chi connectivity index (χ3v) is 5.81. The number of hydrogen-bond donors (Lipinski definition) is 1. The SMILES string of the molecule is CCc1ccc(N)cc1S(=O)(=O)N(C)CC1CCC1. The number of nitrogens with two attached hydrogens (primary N) is 1. The Balaban J connectivity index is 2.29. The molecule has 0 bridgehead atoms. The summed E-state index contributed by atoms with van der Waals surface area (Å²) < 4.78 is 26.7. The lowest BCUT2D eigenvalue weighted by Crippen LogP contribution is -2.34. The highest BCUT2D eigenvalue weighted by Gasteiger charge is 2.28. The van der Waals surface area contributed by atoms with Crippen molar-refractivity contribution in [3.63, 3.8) is 0 Å². The fourth-order valence-electron chi connectivity index (χ4n) is 2.41. The Morgan fingerprint density at radius 3 is 2.58 bits per heavy atom. The molecule has 0 radical (unpaired) electrons. The summed E-state index contributed by atoms with van der Waals surface area (Å²) in [5, 5.41) is 0. The molecule has 0 saturated heterocycles. The van der Waals surface area contributed by atoms with E-state index in [-0.39, 0.29) is 0 Å². The molecule has 0 atom stereocenters. The minimum Gasteiger partial charge on any atom is -0.399 e. The van der Waals surface area contributed by atoms with Crippen molar-refractivity contribution in [1.29, 1.82) is 0 Å². The van der Waals surface area contributed by atoms with E-state index in [1.807, 2.05) is 6.92 Å². The van der Waals surface area contributed by atoms with E-state index in [2.05, 4.69) is 0 Å². The number of hydrogen-bond acceptors (Lipinski definition) is 3. The van der Waals surface area contributed by atoms with Gasteiger partial charge in [-0.1, -0.05) is 19.4 Å². The molecule has 0 unspecified atom stereocenters.